The van der Waals surface area contributed by atoms with E-state index in [4.69, 9.17) is 5.73 Å². The number of imide groups is 2. The van der Waals surface area contributed by atoms with Crippen molar-refractivity contribution in [3.63, 3.8) is 0 Å². The van der Waals surface area contributed by atoms with E-state index >= 15 is 0 Å². The molecular weight excluding hydrogens is 492 g/mol. The van der Waals surface area contributed by atoms with Crippen LogP contribution in [-0.4, -0.2) is 89.9 Å². The van der Waals surface area contributed by atoms with Gasteiger partial charge in [-0.1, -0.05) is 12.1 Å². The van der Waals surface area contributed by atoms with Crippen molar-refractivity contribution in [1.29, 1.82) is 0 Å². The maximum Gasteiger partial charge on any atom is 0.262 e. The third kappa shape index (κ3) is 4.42. The highest BCUT2D eigenvalue weighted by molar-refractivity contribution is 6.24. The number of fused-ring (bicyclic) bond motifs is 1. The topological polar surface area (TPSA) is 171 Å². The lowest BCUT2D eigenvalue weighted by Gasteiger charge is -2.44. The number of nitrogens with zero attached hydrogens (tertiary/aromatic N) is 2. The van der Waals surface area contributed by atoms with Crippen LogP contribution in [0.5, 0.6) is 0 Å². The Hall–Kier alpha value is -3.48. The summed E-state index contributed by atoms with van der Waals surface area (Å²) in [6.45, 7) is 2.46. The molecule has 4 aliphatic heterocycles. The van der Waals surface area contributed by atoms with Crippen LogP contribution in [0.15, 0.2) is 18.2 Å². The van der Waals surface area contributed by atoms with Gasteiger partial charge in [-0.15, -0.1) is 0 Å². The maximum atomic E-state index is 13.8. The quantitative estimate of drug-likeness (QED) is 0.240. The molecule has 5 amide bonds. The molecule has 38 heavy (non-hydrogen) atoms. The van der Waals surface area contributed by atoms with Gasteiger partial charge in [0.25, 0.3) is 11.8 Å². The summed E-state index contributed by atoms with van der Waals surface area (Å²) in [4.78, 5) is 77.9. The van der Waals surface area contributed by atoms with Crippen LogP contribution in [0.3, 0.4) is 0 Å². The lowest BCUT2D eigenvalue weighted by atomic mass is 9.78. The lowest BCUT2D eigenvalue weighted by molar-refractivity contribution is -0.136. The van der Waals surface area contributed by atoms with Gasteiger partial charge >= 0.3 is 0 Å². The highest BCUT2D eigenvalue weighted by Gasteiger charge is 2.50. The minimum Gasteiger partial charge on any atom is -0.368 e. The van der Waals surface area contributed by atoms with Crippen LogP contribution in [0.1, 0.15) is 64.8 Å². The molecule has 4 unspecified atom stereocenters. The molecule has 0 aliphatic carbocycles. The molecule has 5 N–H and O–H groups in total. The second kappa shape index (κ2) is 10.4. The van der Waals surface area contributed by atoms with Crippen molar-refractivity contribution >= 4 is 35.8 Å². The first kappa shape index (κ1) is 26.1. The summed E-state index contributed by atoms with van der Waals surface area (Å²) >= 11 is 0. The Kier molecular flexibility index (Phi) is 7.12. The third-order valence-electron chi connectivity index (χ3n) is 8.26. The van der Waals surface area contributed by atoms with Gasteiger partial charge in [0.05, 0.1) is 17.2 Å². The predicted molar refractivity (Wildman–Crippen MR) is 134 cm³/mol. The number of rotatable bonds is 8. The van der Waals surface area contributed by atoms with Crippen LogP contribution >= 0.6 is 0 Å². The van der Waals surface area contributed by atoms with Gasteiger partial charge in [0.1, 0.15) is 12.3 Å². The van der Waals surface area contributed by atoms with E-state index in [-0.39, 0.29) is 36.4 Å². The first-order valence-electron chi connectivity index (χ1n) is 13.1. The van der Waals surface area contributed by atoms with Crippen molar-refractivity contribution in [2.24, 2.45) is 5.73 Å². The number of aldehydes is 1. The van der Waals surface area contributed by atoms with Gasteiger partial charge in [0, 0.05) is 44.1 Å². The summed E-state index contributed by atoms with van der Waals surface area (Å²) in [7, 11) is 0. The predicted octanol–water partition coefficient (Wildman–Crippen LogP) is -1.23. The van der Waals surface area contributed by atoms with Gasteiger partial charge in [-0.3, -0.25) is 39.1 Å². The van der Waals surface area contributed by atoms with Crippen molar-refractivity contribution in [3.05, 3.63) is 34.9 Å². The highest BCUT2D eigenvalue weighted by atomic mass is 16.2. The zero-order valence-corrected chi connectivity index (χ0v) is 21.0. The molecule has 0 bridgehead atoms. The van der Waals surface area contributed by atoms with Crippen molar-refractivity contribution in [3.8, 4) is 0 Å². The van der Waals surface area contributed by atoms with Gasteiger partial charge < -0.3 is 21.2 Å². The molecule has 0 saturated carbocycles. The molecule has 4 heterocycles. The average molecular weight is 525 g/mol. The smallest absolute Gasteiger partial charge is 0.262 e. The summed E-state index contributed by atoms with van der Waals surface area (Å²) in [6, 6.07) is 3.23. The first-order valence-corrected chi connectivity index (χ1v) is 13.1. The Balaban J connectivity index is 1.50. The molecule has 12 nitrogen and oxygen atoms in total. The van der Waals surface area contributed by atoms with Crippen molar-refractivity contribution in [2.75, 3.05) is 26.2 Å². The van der Waals surface area contributed by atoms with E-state index in [1.807, 2.05) is 11.0 Å². The number of piperazine rings is 1. The summed E-state index contributed by atoms with van der Waals surface area (Å²) < 4.78 is 0. The first-order chi connectivity index (χ1) is 18.3. The molecule has 0 spiro atoms. The Labute approximate surface area is 219 Å². The van der Waals surface area contributed by atoms with Crippen LogP contribution in [0.4, 0.5) is 0 Å². The normalized spacial score (nSPS) is 28.8. The number of nitrogens with two attached hydrogens (primary N) is 1. The number of piperidine rings is 1. The molecule has 4 atom stereocenters. The van der Waals surface area contributed by atoms with E-state index < -0.39 is 47.2 Å². The van der Waals surface area contributed by atoms with E-state index in [0.29, 0.717) is 50.9 Å². The fraction of sp³-hybridized carbons (Fsp3) is 0.538. The molecule has 0 aromatic heterocycles. The number of benzene rings is 1. The Bertz CT molecular complexity index is 1190. The molecule has 1 aromatic carbocycles. The number of carbonyl (C=O) groups is 6. The molecule has 0 radical (unpaired) electrons. The van der Waals surface area contributed by atoms with E-state index in [9.17, 15) is 28.8 Å². The Morgan fingerprint density at radius 3 is 2.68 bits per heavy atom. The van der Waals surface area contributed by atoms with Gasteiger partial charge in [0.15, 0.2) is 0 Å². The summed E-state index contributed by atoms with van der Waals surface area (Å²) in [5.41, 5.74) is 6.17. The van der Waals surface area contributed by atoms with Crippen LogP contribution < -0.4 is 21.7 Å². The Morgan fingerprint density at radius 1 is 1.18 bits per heavy atom. The molecular formula is C26H32N6O6. The highest BCUT2D eigenvalue weighted by Crippen LogP contribution is 2.42. The van der Waals surface area contributed by atoms with Gasteiger partial charge in [-0.05, 0) is 43.9 Å². The SMILES string of the molecule is NC(=O)C(CC=O)N1CCNCC1CC1(c2cccc3c2C(=O)N(C2CCC(=O)NC2=O)C3=O)CCCN1. The monoisotopic (exact) mass is 524 g/mol. The minimum atomic E-state index is -1.04. The van der Waals surface area contributed by atoms with Crippen LogP contribution in [0.25, 0.3) is 0 Å². The van der Waals surface area contributed by atoms with Crippen LogP contribution in [-0.2, 0) is 24.7 Å². The fourth-order valence-corrected chi connectivity index (χ4v) is 6.52. The summed E-state index contributed by atoms with van der Waals surface area (Å²) in [6.07, 6.45) is 2.90. The molecule has 12 heteroatoms. The summed E-state index contributed by atoms with van der Waals surface area (Å²) in [5.74, 6) is -2.72. The number of nitrogens with one attached hydrogen (secondary N) is 3. The van der Waals surface area contributed by atoms with E-state index in [0.717, 1.165) is 11.3 Å². The van der Waals surface area contributed by atoms with Gasteiger partial charge in [-0.25, -0.2) is 0 Å². The van der Waals surface area contributed by atoms with Crippen molar-refractivity contribution < 1.29 is 28.8 Å². The maximum absolute atomic E-state index is 13.8. The Morgan fingerprint density at radius 2 is 2.00 bits per heavy atom. The zero-order valence-electron chi connectivity index (χ0n) is 21.0. The fourth-order valence-electron chi connectivity index (χ4n) is 6.52. The number of primary amides is 1. The van der Waals surface area contributed by atoms with Crippen LogP contribution in [0, 0.1) is 0 Å². The lowest BCUT2D eigenvalue weighted by Crippen LogP contribution is -2.60. The number of hydrogen-bond donors (Lipinski definition) is 4. The number of hydrogen-bond acceptors (Lipinski definition) is 9. The molecule has 4 aliphatic rings. The molecule has 202 valence electrons. The average Bonchev–Trinajstić information content (AvgIpc) is 3.47. The molecule has 3 saturated heterocycles. The number of amides is 5. The molecule has 3 fully saturated rings. The second-order valence-corrected chi connectivity index (χ2v) is 10.4. The van der Waals surface area contributed by atoms with E-state index in [2.05, 4.69) is 16.0 Å². The zero-order chi connectivity index (χ0) is 27.0. The molecule has 1 aromatic rings. The van der Waals surface area contributed by atoms with Crippen molar-refractivity contribution in [2.45, 2.75) is 62.2 Å². The van der Waals surface area contributed by atoms with Crippen molar-refractivity contribution in [1.82, 2.24) is 25.8 Å². The van der Waals surface area contributed by atoms with E-state index in [1.165, 1.54) is 0 Å². The van der Waals surface area contributed by atoms with Crippen LogP contribution in [0.2, 0.25) is 0 Å². The standard InChI is InChI=1S/C26H32N6O6/c27-22(35)18(7-12-33)31-11-10-28-14-15(31)13-26(8-2-9-29-26)17-4-1-3-16-21(17)25(38)32(24(16)37)19-5-6-20(34)30-23(19)36/h1,3-4,12,15,18-19,28-29H,2,5-11,13-14H2,(H2,27,35)(H,30,34,36). The van der Waals surface area contributed by atoms with Gasteiger partial charge in [-0.2, -0.15) is 0 Å². The summed E-state index contributed by atoms with van der Waals surface area (Å²) in [5, 5.41) is 9.17. The van der Waals surface area contributed by atoms with Gasteiger partial charge in [0.2, 0.25) is 17.7 Å². The number of carbonyl (C=O) groups excluding carboxylic acids is 6. The largest absolute Gasteiger partial charge is 0.368 e. The minimum absolute atomic E-state index is 0.000893. The third-order valence-corrected chi connectivity index (χ3v) is 8.26. The van der Waals surface area contributed by atoms with E-state index in [1.54, 1.807) is 12.1 Å². The molecule has 5 rings (SSSR count). The second-order valence-electron chi connectivity index (χ2n) is 10.4.